The Hall–Kier alpha value is -2.22. The molecule has 0 saturated heterocycles. The zero-order valence-electron chi connectivity index (χ0n) is 12.8. The summed E-state index contributed by atoms with van der Waals surface area (Å²) in [5, 5.41) is 13.5. The monoisotopic (exact) mass is 342 g/mol. The molecule has 0 aliphatic rings. The Balaban J connectivity index is 2.45. The van der Waals surface area contributed by atoms with Crippen LogP contribution in [0.1, 0.15) is 15.9 Å². The van der Waals surface area contributed by atoms with Crippen molar-refractivity contribution in [1.29, 1.82) is 5.26 Å². The molecule has 1 N–H and O–H groups in total. The quantitative estimate of drug-likeness (QED) is 0.469. The second kappa shape index (κ2) is 7.87. The van der Waals surface area contributed by atoms with E-state index in [0.29, 0.717) is 15.6 Å². The number of Topliss-reactive ketones (excluding diaryl/α,β-unsaturated/α-hetero) is 1. The summed E-state index contributed by atoms with van der Waals surface area (Å²) < 4.78 is 0. The first-order valence-electron chi connectivity index (χ1n) is 6.88. The van der Waals surface area contributed by atoms with E-state index in [1.54, 1.807) is 24.3 Å². The number of ketones is 1. The second-order valence-corrected chi connectivity index (χ2v) is 5.99. The van der Waals surface area contributed by atoms with Gasteiger partial charge in [0.2, 0.25) is 5.78 Å². The van der Waals surface area contributed by atoms with Crippen molar-refractivity contribution in [3.63, 3.8) is 0 Å². The lowest BCUT2D eigenvalue weighted by Crippen LogP contribution is -2.10. The van der Waals surface area contributed by atoms with E-state index in [-0.39, 0.29) is 11.4 Å². The van der Waals surface area contributed by atoms with Crippen LogP contribution in [0.4, 0.5) is 5.69 Å². The van der Waals surface area contributed by atoms with Gasteiger partial charge in [-0.1, -0.05) is 41.9 Å². The topological polar surface area (TPSA) is 52.9 Å². The zero-order valence-corrected chi connectivity index (χ0v) is 14.3. The average Bonchev–Trinajstić information content (AvgIpc) is 2.56. The number of benzene rings is 2. The number of thioether (sulfide) groups is 1. The normalized spacial score (nSPS) is 11.4. The summed E-state index contributed by atoms with van der Waals surface area (Å²) in [4.78, 5) is 12.7. The van der Waals surface area contributed by atoms with E-state index < -0.39 is 0 Å². The largest absolute Gasteiger partial charge is 0.349 e. The van der Waals surface area contributed by atoms with E-state index in [4.69, 9.17) is 11.6 Å². The Morgan fingerprint density at radius 1 is 1.17 bits per heavy atom. The number of para-hydroxylation sites is 1. The van der Waals surface area contributed by atoms with Crippen LogP contribution in [-0.2, 0) is 0 Å². The third-order valence-corrected chi connectivity index (χ3v) is 4.33. The van der Waals surface area contributed by atoms with Crippen LogP contribution in [0.3, 0.4) is 0 Å². The third-order valence-electron chi connectivity index (χ3n) is 3.28. The van der Waals surface area contributed by atoms with E-state index in [9.17, 15) is 10.1 Å². The van der Waals surface area contributed by atoms with E-state index in [0.717, 1.165) is 11.3 Å². The number of allylic oxidation sites excluding steroid dienone is 1. The molecule has 5 heteroatoms. The first-order valence-corrected chi connectivity index (χ1v) is 8.49. The summed E-state index contributed by atoms with van der Waals surface area (Å²) in [6.07, 6.45) is 1.82. The predicted molar refractivity (Wildman–Crippen MR) is 96.7 cm³/mol. The van der Waals surface area contributed by atoms with Gasteiger partial charge in [-0.05, 0) is 36.9 Å². The average molecular weight is 343 g/mol. The third kappa shape index (κ3) is 3.95. The van der Waals surface area contributed by atoms with Crippen LogP contribution in [-0.4, -0.2) is 12.0 Å². The number of anilines is 1. The summed E-state index contributed by atoms with van der Waals surface area (Å²) in [5.74, 6) is -0.386. The van der Waals surface area contributed by atoms with E-state index in [2.05, 4.69) is 5.32 Å². The summed E-state index contributed by atoms with van der Waals surface area (Å²) in [6, 6.07) is 16.4. The smallest absolute Gasteiger partial charge is 0.207 e. The molecule has 0 unspecified atom stereocenters. The minimum absolute atomic E-state index is 0.0499. The van der Waals surface area contributed by atoms with E-state index in [1.807, 2.05) is 43.5 Å². The molecule has 23 heavy (non-hydrogen) atoms. The van der Waals surface area contributed by atoms with E-state index in [1.165, 1.54) is 11.8 Å². The van der Waals surface area contributed by atoms with Crippen molar-refractivity contribution in [1.82, 2.24) is 0 Å². The number of nitrogens with zero attached hydrogens (tertiary/aromatic N) is 1. The van der Waals surface area contributed by atoms with Crippen LogP contribution in [0.25, 0.3) is 0 Å². The number of hydrogen-bond acceptors (Lipinski definition) is 4. The van der Waals surface area contributed by atoms with Crippen LogP contribution >= 0.6 is 23.4 Å². The molecule has 2 aromatic carbocycles. The number of nitrogens with one attached hydrogen (secondary N) is 1. The molecule has 3 nitrogen and oxygen atoms in total. The number of rotatable bonds is 5. The Morgan fingerprint density at radius 3 is 2.43 bits per heavy atom. The van der Waals surface area contributed by atoms with Crippen molar-refractivity contribution >= 4 is 34.8 Å². The SMILES string of the molecule is CS/C(Nc1ccccc1C)=C(\C#N)C(=O)c1ccccc1Cl. The van der Waals surface area contributed by atoms with Crippen molar-refractivity contribution in [2.45, 2.75) is 6.92 Å². The van der Waals surface area contributed by atoms with Crippen molar-refractivity contribution < 1.29 is 4.79 Å². The molecule has 0 saturated carbocycles. The van der Waals surface area contributed by atoms with E-state index >= 15 is 0 Å². The summed E-state index contributed by atoms with van der Waals surface area (Å²) in [5.41, 5.74) is 2.26. The maximum atomic E-state index is 12.7. The maximum absolute atomic E-state index is 12.7. The lowest BCUT2D eigenvalue weighted by Gasteiger charge is -2.13. The summed E-state index contributed by atoms with van der Waals surface area (Å²) in [6.45, 7) is 1.96. The molecular weight excluding hydrogens is 328 g/mol. The zero-order chi connectivity index (χ0) is 16.8. The Bertz CT molecular complexity index is 809. The van der Waals surface area contributed by atoms with Crippen LogP contribution in [0.2, 0.25) is 5.02 Å². The lowest BCUT2D eigenvalue weighted by molar-refractivity contribution is 0.103. The molecule has 2 rings (SSSR count). The molecule has 0 aromatic heterocycles. The van der Waals surface area contributed by atoms with Gasteiger partial charge in [-0.15, -0.1) is 11.8 Å². The van der Waals surface area contributed by atoms with Crippen molar-refractivity contribution in [2.24, 2.45) is 0 Å². The first-order chi connectivity index (χ1) is 11.1. The molecule has 0 aliphatic carbocycles. The van der Waals surface area contributed by atoms with Gasteiger partial charge in [0.25, 0.3) is 0 Å². The van der Waals surface area contributed by atoms with Gasteiger partial charge in [-0.25, -0.2) is 0 Å². The Labute approximate surface area is 145 Å². The molecule has 116 valence electrons. The second-order valence-electron chi connectivity index (χ2n) is 4.77. The molecule has 0 radical (unpaired) electrons. The van der Waals surface area contributed by atoms with Gasteiger partial charge in [0.15, 0.2) is 0 Å². The number of nitriles is 1. The van der Waals surface area contributed by atoms with Crippen LogP contribution in [0.5, 0.6) is 0 Å². The number of aryl methyl sites for hydroxylation is 1. The van der Waals surface area contributed by atoms with Crippen molar-refractivity contribution in [3.8, 4) is 6.07 Å². The molecular formula is C18H15ClN2OS. The molecule has 0 fully saturated rings. The molecule has 2 aromatic rings. The number of halogens is 1. The number of carbonyl (C=O) groups excluding carboxylic acids is 1. The fraction of sp³-hybridized carbons (Fsp3) is 0.111. The van der Waals surface area contributed by atoms with Gasteiger partial charge in [0.05, 0.1) is 10.1 Å². The van der Waals surface area contributed by atoms with Gasteiger partial charge in [0, 0.05) is 11.3 Å². The van der Waals surface area contributed by atoms with Crippen molar-refractivity contribution in [2.75, 3.05) is 11.6 Å². The standard InChI is InChI=1S/C18H15ClN2OS/c1-12-7-3-6-10-16(12)21-18(23-2)14(11-20)17(22)13-8-4-5-9-15(13)19/h3-10,21H,1-2H3/b18-14+. The highest BCUT2D eigenvalue weighted by Crippen LogP contribution is 2.26. The van der Waals surface area contributed by atoms with Gasteiger partial charge in [-0.2, -0.15) is 5.26 Å². The first kappa shape index (κ1) is 17.1. The highest BCUT2D eigenvalue weighted by atomic mass is 35.5. The molecule has 0 heterocycles. The highest BCUT2D eigenvalue weighted by Gasteiger charge is 2.19. The molecule has 0 spiro atoms. The Kier molecular flexibility index (Phi) is 5.86. The Morgan fingerprint density at radius 2 is 1.83 bits per heavy atom. The molecule has 0 bridgehead atoms. The predicted octanol–water partition coefficient (Wildman–Crippen LogP) is 5.04. The van der Waals surface area contributed by atoms with Crippen LogP contribution in [0, 0.1) is 18.3 Å². The molecule has 0 aliphatic heterocycles. The van der Waals surface area contributed by atoms with Gasteiger partial charge in [0.1, 0.15) is 11.6 Å². The van der Waals surface area contributed by atoms with Gasteiger partial charge < -0.3 is 5.32 Å². The van der Waals surface area contributed by atoms with Crippen LogP contribution < -0.4 is 5.32 Å². The number of carbonyl (C=O) groups is 1. The van der Waals surface area contributed by atoms with Crippen molar-refractivity contribution in [3.05, 3.63) is 75.3 Å². The fourth-order valence-electron chi connectivity index (χ4n) is 2.04. The number of hydrogen-bond donors (Lipinski definition) is 1. The van der Waals surface area contributed by atoms with Gasteiger partial charge in [-0.3, -0.25) is 4.79 Å². The maximum Gasteiger partial charge on any atom is 0.207 e. The summed E-state index contributed by atoms with van der Waals surface area (Å²) >= 11 is 7.39. The molecule has 0 atom stereocenters. The van der Waals surface area contributed by atoms with Crippen LogP contribution in [0.15, 0.2) is 59.1 Å². The summed E-state index contributed by atoms with van der Waals surface area (Å²) in [7, 11) is 0. The molecule has 0 amide bonds. The minimum atomic E-state index is -0.386. The van der Waals surface area contributed by atoms with Gasteiger partial charge >= 0.3 is 0 Å². The lowest BCUT2D eigenvalue weighted by atomic mass is 10.0. The highest BCUT2D eigenvalue weighted by molar-refractivity contribution is 8.02. The minimum Gasteiger partial charge on any atom is -0.349 e. The fourth-order valence-corrected chi connectivity index (χ4v) is 2.81.